The molecule has 3 heteroatoms. The fraction of sp³-hybridized carbons (Fsp3) is 0.700. The molecule has 2 atom stereocenters. The van der Waals surface area contributed by atoms with Crippen LogP contribution in [0.3, 0.4) is 0 Å². The van der Waals surface area contributed by atoms with Gasteiger partial charge in [-0.05, 0) is 51.5 Å². The lowest BCUT2D eigenvalue weighted by Gasteiger charge is -2.24. The van der Waals surface area contributed by atoms with Crippen LogP contribution in [0, 0.1) is 11.8 Å². The molecule has 1 aliphatic carbocycles. The maximum absolute atomic E-state index is 12.3. The first-order chi connectivity index (χ1) is 10.6. The van der Waals surface area contributed by atoms with Crippen LogP contribution in [0.15, 0.2) is 23.3 Å². The molecule has 0 spiro atoms. The first-order valence-corrected chi connectivity index (χ1v) is 8.73. The van der Waals surface area contributed by atoms with E-state index in [0.29, 0.717) is 25.7 Å². The van der Waals surface area contributed by atoms with Crippen LogP contribution in [0.25, 0.3) is 0 Å². The maximum atomic E-state index is 12.3. The fourth-order valence-electron chi connectivity index (χ4n) is 3.02. The summed E-state index contributed by atoms with van der Waals surface area (Å²) >= 11 is 0. The topological polar surface area (TPSA) is 54.4 Å². The third kappa shape index (κ3) is 7.26. The SMILES string of the molecule is C/C1=C/CCC(=O)[C@H](C)/C=C(/C(C)(C)O)CC[C@H](C)CC(=O)C1. The lowest BCUT2D eigenvalue weighted by molar-refractivity contribution is -0.121. The summed E-state index contributed by atoms with van der Waals surface area (Å²) in [5.74, 6) is 0.559. The standard InChI is InChI=1S/C20H32O3/c1-14-7-6-8-19(22)16(3)13-17(20(4,5)23)10-9-15(2)12-18(21)11-14/h7,13,15-16,23H,6,8-12H2,1-5H3/b14-7-,17-13+/t15-,16+/m0/s1. The monoisotopic (exact) mass is 320 g/mol. The second-order valence-corrected chi connectivity index (χ2v) is 7.66. The van der Waals surface area contributed by atoms with Crippen molar-refractivity contribution in [3.63, 3.8) is 0 Å². The zero-order chi connectivity index (χ0) is 17.6. The molecule has 3 nitrogen and oxygen atoms in total. The largest absolute Gasteiger partial charge is 0.386 e. The number of ketones is 2. The van der Waals surface area contributed by atoms with Crippen LogP contribution in [0.1, 0.15) is 73.1 Å². The first kappa shape index (κ1) is 19.8. The summed E-state index contributed by atoms with van der Waals surface area (Å²) in [4.78, 5) is 24.4. The molecule has 1 rings (SSSR count). The van der Waals surface area contributed by atoms with Gasteiger partial charge in [-0.25, -0.2) is 0 Å². The molecular formula is C20H32O3. The molecule has 23 heavy (non-hydrogen) atoms. The number of carbonyl (C=O) groups is 2. The van der Waals surface area contributed by atoms with E-state index in [1.165, 1.54) is 0 Å². The molecule has 0 radical (unpaired) electrons. The van der Waals surface area contributed by atoms with Crippen molar-refractivity contribution in [2.24, 2.45) is 11.8 Å². The highest BCUT2D eigenvalue weighted by molar-refractivity contribution is 5.83. The summed E-state index contributed by atoms with van der Waals surface area (Å²) in [5, 5.41) is 10.4. The molecular weight excluding hydrogens is 288 g/mol. The summed E-state index contributed by atoms with van der Waals surface area (Å²) < 4.78 is 0. The summed E-state index contributed by atoms with van der Waals surface area (Å²) in [6.45, 7) is 9.49. The number of aliphatic hydroxyl groups is 1. The summed E-state index contributed by atoms with van der Waals surface area (Å²) in [7, 11) is 0. The van der Waals surface area contributed by atoms with E-state index in [1.54, 1.807) is 13.8 Å². The Bertz CT molecular complexity index is 492. The highest BCUT2D eigenvalue weighted by atomic mass is 16.3. The highest BCUT2D eigenvalue weighted by Crippen LogP contribution is 2.27. The van der Waals surface area contributed by atoms with Gasteiger partial charge in [0.2, 0.25) is 0 Å². The molecule has 0 unspecified atom stereocenters. The molecule has 0 aromatic heterocycles. The second kappa shape index (κ2) is 8.58. The van der Waals surface area contributed by atoms with Crippen molar-refractivity contribution in [3.8, 4) is 0 Å². The van der Waals surface area contributed by atoms with Gasteiger partial charge < -0.3 is 5.11 Å². The van der Waals surface area contributed by atoms with Crippen LogP contribution < -0.4 is 0 Å². The van der Waals surface area contributed by atoms with Crippen molar-refractivity contribution < 1.29 is 14.7 Å². The number of allylic oxidation sites excluding steroid dienone is 3. The molecule has 1 aliphatic rings. The van der Waals surface area contributed by atoms with Gasteiger partial charge in [0, 0.05) is 25.2 Å². The number of rotatable bonds is 1. The van der Waals surface area contributed by atoms with E-state index in [-0.39, 0.29) is 23.4 Å². The van der Waals surface area contributed by atoms with Gasteiger partial charge in [-0.1, -0.05) is 31.6 Å². The average molecular weight is 320 g/mol. The van der Waals surface area contributed by atoms with Gasteiger partial charge in [0.05, 0.1) is 5.60 Å². The Hall–Kier alpha value is -1.22. The molecule has 0 aromatic rings. The number of hydrogen-bond acceptors (Lipinski definition) is 3. The van der Waals surface area contributed by atoms with Gasteiger partial charge >= 0.3 is 0 Å². The molecule has 0 heterocycles. The minimum absolute atomic E-state index is 0.176. The Balaban J connectivity index is 3.00. The second-order valence-electron chi connectivity index (χ2n) is 7.66. The molecule has 0 bridgehead atoms. The fourth-order valence-corrected chi connectivity index (χ4v) is 3.02. The van der Waals surface area contributed by atoms with E-state index < -0.39 is 5.60 Å². The summed E-state index contributed by atoms with van der Waals surface area (Å²) in [5.41, 5.74) is 1.04. The van der Waals surface area contributed by atoms with Gasteiger partial charge in [0.15, 0.2) is 0 Å². The van der Waals surface area contributed by atoms with E-state index in [9.17, 15) is 14.7 Å². The van der Waals surface area contributed by atoms with Crippen LogP contribution in [-0.2, 0) is 9.59 Å². The van der Waals surface area contributed by atoms with Crippen molar-refractivity contribution in [2.45, 2.75) is 78.7 Å². The summed E-state index contributed by atoms with van der Waals surface area (Å²) in [6.07, 6.45) is 7.76. The number of Topliss-reactive ketones (excluding diaryl/α,β-unsaturated/α-hetero) is 2. The van der Waals surface area contributed by atoms with Gasteiger partial charge in [0.25, 0.3) is 0 Å². The van der Waals surface area contributed by atoms with Crippen LogP contribution in [-0.4, -0.2) is 22.3 Å². The summed E-state index contributed by atoms with van der Waals surface area (Å²) in [6, 6.07) is 0. The Morgan fingerprint density at radius 2 is 1.83 bits per heavy atom. The molecule has 0 aliphatic heterocycles. The number of hydrogen-bond donors (Lipinski definition) is 1. The zero-order valence-electron chi connectivity index (χ0n) is 15.3. The van der Waals surface area contributed by atoms with Crippen LogP contribution in [0.4, 0.5) is 0 Å². The Morgan fingerprint density at radius 3 is 2.43 bits per heavy atom. The van der Waals surface area contributed by atoms with E-state index in [2.05, 4.69) is 6.92 Å². The lowest BCUT2D eigenvalue weighted by Crippen LogP contribution is -2.24. The van der Waals surface area contributed by atoms with E-state index in [4.69, 9.17) is 0 Å². The first-order valence-electron chi connectivity index (χ1n) is 8.73. The molecule has 1 N–H and O–H groups in total. The minimum atomic E-state index is -0.925. The van der Waals surface area contributed by atoms with Crippen LogP contribution >= 0.6 is 0 Å². The lowest BCUT2D eigenvalue weighted by atomic mass is 9.85. The quantitative estimate of drug-likeness (QED) is 0.729. The molecule has 0 saturated carbocycles. The average Bonchev–Trinajstić information content (AvgIpc) is 2.40. The van der Waals surface area contributed by atoms with Gasteiger partial charge in [0.1, 0.15) is 11.6 Å². The van der Waals surface area contributed by atoms with Crippen molar-refractivity contribution in [2.75, 3.05) is 0 Å². The normalized spacial score (nSPS) is 30.9. The van der Waals surface area contributed by atoms with Crippen LogP contribution in [0.2, 0.25) is 0 Å². The van der Waals surface area contributed by atoms with Gasteiger partial charge in [-0.15, -0.1) is 0 Å². The van der Waals surface area contributed by atoms with Crippen molar-refractivity contribution >= 4 is 11.6 Å². The Kier molecular flexibility index (Phi) is 7.40. The minimum Gasteiger partial charge on any atom is -0.386 e. The van der Waals surface area contributed by atoms with Crippen LogP contribution in [0.5, 0.6) is 0 Å². The van der Waals surface area contributed by atoms with E-state index >= 15 is 0 Å². The van der Waals surface area contributed by atoms with Crippen molar-refractivity contribution in [1.82, 2.24) is 0 Å². The molecule has 0 amide bonds. The van der Waals surface area contributed by atoms with Gasteiger partial charge in [-0.3, -0.25) is 9.59 Å². The Morgan fingerprint density at radius 1 is 1.17 bits per heavy atom. The smallest absolute Gasteiger partial charge is 0.139 e. The van der Waals surface area contributed by atoms with Gasteiger partial charge in [-0.2, -0.15) is 0 Å². The molecule has 0 fully saturated rings. The Labute approximate surface area is 140 Å². The van der Waals surface area contributed by atoms with Crippen molar-refractivity contribution in [3.05, 3.63) is 23.3 Å². The predicted octanol–water partition coefficient (Wildman–Crippen LogP) is 4.39. The van der Waals surface area contributed by atoms with Crippen molar-refractivity contribution in [1.29, 1.82) is 0 Å². The maximum Gasteiger partial charge on any atom is 0.139 e. The van der Waals surface area contributed by atoms with E-state index in [0.717, 1.165) is 24.0 Å². The predicted molar refractivity (Wildman–Crippen MR) is 94.2 cm³/mol. The molecule has 130 valence electrons. The third-order valence-corrected chi connectivity index (χ3v) is 4.59. The highest BCUT2D eigenvalue weighted by Gasteiger charge is 2.23. The number of carbonyl (C=O) groups excluding carboxylic acids is 2. The molecule has 0 aromatic carbocycles. The molecule has 0 saturated heterocycles. The zero-order valence-corrected chi connectivity index (χ0v) is 15.3. The third-order valence-electron chi connectivity index (χ3n) is 4.59. The van der Waals surface area contributed by atoms with E-state index in [1.807, 2.05) is 26.0 Å².